The number of benzene rings is 2. The number of thioether (sulfide) groups is 1. The number of carboxylic acid groups (broad SMARTS) is 1. The van der Waals surface area contributed by atoms with Crippen molar-refractivity contribution in [3.63, 3.8) is 0 Å². The van der Waals surface area contributed by atoms with Crippen LogP contribution in [0.5, 0.6) is 11.5 Å². The Labute approximate surface area is 252 Å². The van der Waals surface area contributed by atoms with Crippen molar-refractivity contribution in [2.75, 3.05) is 12.0 Å². The fourth-order valence-electron chi connectivity index (χ4n) is 4.20. The minimum Gasteiger partial charge on any atom is -0.508 e. The summed E-state index contributed by atoms with van der Waals surface area (Å²) < 4.78 is 0. The Balaban J connectivity index is 1.76. The summed E-state index contributed by atoms with van der Waals surface area (Å²) in [5.41, 5.74) is 7.98. The van der Waals surface area contributed by atoms with Crippen LogP contribution in [0.25, 0.3) is 0 Å². The van der Waals surface area contributed by atoms with E-state index in [9.17, 15) is 34.5 Å². The van der Waals surface area contributed by atoms with Gasteiger partial charge in [-0.25, -0.2) is 9.78 Å². The molecule has 3 aromatic rings. The Bertz CT molecular complexity index is 1350. The van der Waals surface area contributed by atoms with Crippen molar-refractivity contribution in [1.29, 1.82) is 0 Å². The second-order valence-corrected chi connectivity index (χ2v) is 10.9. The highest BCUT2D eigenvalue weighted by Gasteiger charge is 2.30. The first-order chi connectivity index (χ1) is 20.5. The van der Waals surface area contributed by atoms with Gasteiger partial charge >= 0.3 is 5.97 Å². The Morgan fingerprint density at radius 1 is 0.814 bits per heavy atom. The van der Waals surface area contributed by atoms with Crippen molar-refractivity contribution in [2.24, 2.45) is 5.73 Å². The number of carbonyl (C=O) groups excluding carboxylic acids is 3. The number of aliphatic carboxylic acids is 1. The highest BCUT2D eigenvalue weighted by molar-refractivity contribution is 7.98. The normalized spacial score (nSPS) is 13.7. The van der Waals surface area contributed by atoms with Gasteiger partial charge in [0.15, 0.2) is 0 Å². The summed E-state index contributed by atoms with van der Waals surface area (Å²) in [6, 6.07) is 7.79. The number of nitrogens with zero attached hydrogens (tertiary/aromatic N) is 1. The van der Waals surface area contributed by atoms with Crippen LogP contribution >= 0.6 is 11.8 Å². The first-order valence-electron chi connectivity index (χ1n) is 13.5. The van der Waals surface area contributed by atoms with Crippen LogP contribution in [0.1, 0.15) is 23.2 Å². The second-order valence-electron chi connectivity index (χ2n) is 9.93. The first kappa shape index (κ1) is 32.9. The van der Waals surface area contributed by atoms with Gasteiger partial charge in [-0.05, 0) is 60.2 Å². The van der Waals surface area contributed by atoms with Gasteiger partial charge in [0.1, 0.15) is 29.6 Å². The highest BCUT2D eigenvalue weighted by atomic mass is 32.2. The van der Waals surface area contributed by atoms with Gasteiger partial charge in [0.05, 0.1) is 12.4 Å². The van der Waals surface area contributed by atoms with Crippen LogP contribution < -0.4 is 21.7 Å². The summed E-state index contributed by atoms with van der Waals surface area (Å²) >= 11 is 1.45. The molecule has 3 rings (SSSR count). The van der Waals surface area contributed by atoms with E-state index in [1.54, 1.807) is 24.3 Å². The van der Waals surface area contributed by atoms with E-state index in [2.05, 4.69) is 25.9 Å². The summed E-state index contributed by atoms with van der Waals surface area (Å²) in [6.07, 6.45) is 5.02. The monoisotopic (exact) mass is 612 g/mol. The summed E-state index contributed by atoms with van der Waals surface area (Å²) in [4.78, 5) is 58.4. The topological polar surface area (TPSA) is 220 Å². The fraction of sp³-hybridized carbons (Fsp3) is 0.345. The van der Waals surface area contributed by atoms with E-state index in [1.165, 1.54) is 48.6 Å². The number of rotatable bonds is 16. The van der Waals surface area contributed by atoms with E-state index in [0.29, 0.717) is 22.6 Å². The van der Waals surface area contributed by atoms with Crippen LogP contribution in [-0.4, -0.2) is 85.2 Å². The number of nitrogens with two attached hydrogens (primary N) is 1. The third-order valence-electron chi connectivity index (χ3n) is 6.57. The molecule has 14 heteroatoms. The maximum atomic E-state index is 13.6. The molecule has 1 aromatic heterocycles. The van der Waals surface area contributed by atoms with Crippen molar-refractivity contribution in [3.8, 4) is 11.5 Å². The maximum Gasteiger partial charge on any atom is 0.326 e. The average Bonchev–Trinajstić information content (AvgIpc) is 3.49. The number of amides is 3. The molecule has 0 aliphatic carbocycles. The molecule has 1 heterocycles. The molecule has 4 atom stereocenters. The van der Waals surface area contributed by atoms with E-state index >= 15 is 0 Å². The quantitative estimate of drug-likeness (QED) is 0.112. The SMILES string of the molecule is CSCCC(NC(=O)C(Cc1ccc(O)cc1)NC(=O)C(N)Cc1ccc(O)cc1)C(=O)NC(Cc1cnc[nH]1)C(=O)O. The molecule has 0 aliphatic rings. The number of phenolic OH excluding ortho intramolecular Hbond substituents is 2. The third kappa shape index (κ3) is 10.7. The van der Waals surface area contributed by atoms with E-state index in [0.717, 1.165) is 0 Å². The number of carbonyl (C=O) groups is 4. The van der Waals surface area contributed by atoms with Crippen LogP contribution in [0.3, 0.4) is 0 Å². The molecule has 0 saturated carbocycles. The number of hydrogen-bond acceptors (Lipinski definition) is 9. The number of imidazole rings is 1. The lowest BCUT2D eigenvalue weighted by molar-refractivity contribution is -0.142. The van der Waals surface area contributed by atoms with Crippen molar-refractivity contribution >= 4 is 35.5 Å². The molecule has 0 spiro atoms. The van der Waals surface area contributed by atoms with E-state index in [1.807, 2.05) is 6.26 Å². The highest BCUT2D eigenvalue weighted by Crippen LogP contribution is 2.14. The van der Waals surface area contributed by atoms with Gasteiger partial charge < -0.3 is 42.0 Å². The van der Waals surface area contributed by atoms with Crippen LogP contribution in [0, 0.1) is 0 Å². The Morgan fingerprint density at radius 3 is 1.88 bits per heavy atom. The molecule has 0 fully saturated rings. The minimum absolute atomic E-state index is 0.0260. The van der Waals surface area contributed by atoms with Crippen molar-refractivity contribution < 1.29 is 34.5 Å². The van der Waals surface area contributed by atoms with Crippen LogP contribution in [0.2, 0.25) is 0 Å². The lowest BCUT2D eigenvalue weighted by Crippen LogP contribution is -2.58. The standard InChI is InChI=1S/C29H36N6O7S/c1-43-11-10-23(27(39)35-25(29(41)42)14-19-15-31-16-32-19)33-28(40)24(13-18-4-8-21(37)9-5-18)34-26(38)22(30)12-17-2-6-20(36)7-3-17/h2-9,15-16,22-25,36-37H,10-14,30H2,1H3,(H,31,32)(H,33,40)(H,34,38)(H,35,39)(H,41,42). The molecule has 9 N–H and O–H groups in total. The fourth-order valence-corrected chi connectivity index (χ4v) is 4.67. The molecule has 43 heavy (non-hydrogen) atoms. The zero-order chi connectivity index (χ0) is 31.4. The summed E-state index contributed by atoms with van der Waals surface area (Å²) in [5.74, 6) is -2.62. The van der Waals surface area contributed by atoms with Crippen molar-refractivity contribution in [2.45, 2.75) is 49.9 Å². The van der Waals surface area contributed by atoms with Gasteiger partial charge in [-0.1, -0.05) is 24.3 Å². The molecular formula is C29H36N6O7S. The zero-order valence-corrected chi connectivity index (χ0v) is 24.3. The molecule has 3 amide bonds. The maximum absolute atomic E-state index is 13.6. The Kier molecular flexibility index (Phi) is 12.4. The van der Waals surface area contributed by atoms with Crippen molar-refractivity contribution in [3.05, 3.63) is 77.9 Å². The van der Waals surface area contributed by atoms with Crippen LogP contribution in [0.15, 0.2) is 61.1 Å². The largest absolute Gasteiger partial charge is 0.508 e. The molecule has 13 nitrogen and oxygen atoms in total. The number of H-pyrrole nitrogens is 1. The molecule has 230 valence electrons. The van der Waals surface area contributed by atoms with Gasteiger partial charge in [-0.15, -0.1) is 0 Å². The predicted octanol–water partition coefficient (Wildman–Crippen LogP) is 0.468. The van der Waals surface area contributed by atoms with E-state index < -0.39 is 47.9 Å². The third-order valence-corrected chi connectivity index (χ3v) is 7.22. The Morgan fingerprint density at radius 2 is 1.35 bits per heavy atom. The zero-order valence-electron chi connectivity index (χ0n) is 23.5. The minimum atomic E-state index is -1.27. The predicted molar refractivity (Wildman–Crippen MR) is 160 cm³/mol. The van der Waals surface area contributed by atoms with Gasteiger partial charge in [0, 0.05) is 24.7 Å². The van der Waals surface area contributed by atoms with Crippen molar-refractivity contribution in [1.82, 2.24) is 25.9 Å². The number of aromatic nitrogens is 2. The molecule has 0 aliphatic heterocycles. The number of hydrogen-bond donors (Lipinski definition) is 8. The van der Waals surface area contributed by atoms with E-state index in [4.69, 9.17) is 5.73 Å². The van der Waals surface area contributed by atoms with Gasteiger partial charge in [-0.2, -0.15) is 11.8 Å². The average molecular weight is 613 g/mol. The summed E-state index contributed by atoms with van der Waals surface area (Å²) in [7, 11) is 0. The van der Waals surface area contributed by atoms with E-state index in [-0.39, 0.29) is 37.2 Å². The van der Waals surface area contributed by atoms with Gasteiger partial charge in [-0.3, -0.25) is 14.4 Å². The smallest absolute Gasteiger partial charge is 0.326 e. The molecule has 0 radical (unpaired) electrons. The molecule has 0 bridgehead atoms. The first-order valence-corrected chi connectivity index (χ1v) is 14.9. The molecule has 2 aromatic carbocycles. The number of carboxylic acids is 1. The second kappa shape index (κ2) is 16.2. The van der Waals surface area contributed by atoms with Gasteiger partial charge in [0.25, 0.3) is 0 Å². The molecule has 0 saturated heterocycles. The lowest BCUT2D eigenvalue weighted by atomic mass is 10.0. The summed E-state index contributed by atoms with van der Waals surface area (Å²) in [5, 5.41) is 36.7. The lowest BCUT2D eigenvalue weighted by Gasteiger charge is -2.25. The molecule has 4 unspecified atom stereocenters. The number of aromatic amines is 1. The number of nitrogens with one attached hydrogen (secondary N) is 4. The Hall–Kier alpha value is -4.56. The van der Waals surface area contributed by atoms with Crippen LogP contribution in [-0.2, 0) is 38.4 Å². The van der Waals surface area contributed by atoms with Gasteiger partial charge in [0.2, 0.25) is 17.7 Å². The van der Waals surface area contributed by atoms with Crippen LogP contribution in [0.4, 0.5) is 0 Å². The number of phenols is 2. The number of aromatic hydroxyl groups is 2. The molecular weight excluding hydrogens is 576 g/mol. The summed E-state index contributed by atoms with van der Waals surface area (Å²) in [6.45, 7) is 0.